The van der Waals surface area contributed by atoms with Gasteiger partial charge in [-0.1, -0.05) is 0 Å². The molecule has 0 radical (unpaired) electrons. The zero-order valence-electron chi connectivity index (χ0n) is 12.6. The van der Waals surface area contributed by atoms with E-state index in [9.17, 15) is 39.6 Å². The number of rotatable bonds is 8. The molecule has 0 amide bonds. The first-order valence-corrected chi connectivity index (χ1v) is 4.55. The van der Waals surface area contributed by atoms with Crippen LogP contribution in [0, 0.1) is 5.41 Å². The maximum Gasteiger partial charge on any atom is 1.00 e. The van der Waals surface area contributed by atoms with Gasteiger partial charge in [-0.05, 0) is 25.7 Å². The molecule has 0 saturated carbocycles. The SMILES string of the molecule is O=C([O-])CCC(CCC(=O)[O-])(C(=O)[O-])C(=O)[O-].[K+].[K+].[K+].[K+]. The van der Waals surface area contributed by atoms with Crippen LogP contribution in [0.5, 0.6) is 0 Å². The van der Waals surface area contributed by atoms with Crippen LogP contribution in [0.25, 0.3) is 0 Å². The van der Waals surface area contributed by atoms with Crippen molar-refractivity contribution in [2.45, 2.75) is 25.7 Å². The first-order chi connectivity index (χ1) is 7.72. The Balaban J connectivity index is -0.000000213. The van der Waals surface area contributed by atoms with Crippen LogP contribution in [-0.2, 0) is 19.2 Å². The Bertz CT molecular complexity index is 326. The number of carboxylic acid groups (broad SMARTS) is 4. The van der Waals surface area contributed by atoms with E-state index < -0.39 is 55.0 Å². The van der Waals surface area contributed by atoms with Gasteiger partial charge in [0.2, 0.25) is 0 Å². The van der Waals surface area contributed by atoms with Crippen molar-refractivity contribution in [1.82, 2.24) is 0 Å². The fourth-order valence-electron chi connectivity index (χ4n) is 1.25. The van der Waals surface area contributed by atoms with Crippen molar-refractivity contribution in [2.75, 3.05) is 0 Å². The predicted molar refractivity (Wildman–Crippen MR) is 40.9 cm³/mol. The molecule has 0 aliphatic carbocycles. The summed E-state index contributed by atoms with van der Waals surface area (Å²) in [5.74, 6) is -7.52. The molecule has 0 aromatic rings. The van der Waals surface area contributed by atoms with Crippen LogP contribution in [0.1, 0.15) is 25.7 Å². The third-order valence-corrected chi connectivity index (χ3v) is 2.29. The normalized spacial score (nSPS) is 8.76. The third-order valence-electron chi connectivity index (χ3n) is 2.29. The Morgan fingerprint density at radius 3 is 1.00 bits per heavy atom. The first kappa shape index (κ1) is 36.4. The minimum atomic E-state index is -2.67. The minimum Gasteiger partial charge on any atom is -0.550 e. The maximum absolute atomic E-state index is 10.7. The second-order valence-corrected chi connectivity index (χ2v) is 3.40. The molecular formula is C9H8K4O8. The molecule has 0 atom stereocenters. The van der Waals surface area contributed by atoms with Crippen LogP contribution >= 0.6 is 0 Å². The van der Waals surface area contributed by atoms with Crippen molar-refractivity contribution in [2.24, 2.45) is 5.41 Å². The summed E-state index contributed by atoms with van der Waals surface area (Å²) in [6.07, 6.45) is -3.47. The maximum atomic E-state index is 10.7. The summed E-state index contributed by atoms with van der Waals surface area (Å²) >= 11 is 0. The zero-order valence-corrected chi connectivity index (χ0v) is 25.1. The smallest absolute Gasteiger partial charge is 0.550 e. The number of aliphatic carboxylic acids is 4. The van der Waals surface area contributed by atoms with Crippen LogP contribution < -0.4 is 226 Å². The summed E-state index contributed by atoms with van der Waals surface area (Å²) in [6.45, 7) is 0. The Morgan fingerprint density at radius 2 is 0.857 bits per heavy atom. The molecule has 8 nitrogen and oxygen atoms in total. The van der Waals surface area contributed by atoms with Gasteiger partial charge in [0, 0.05) is 11.9 Å². The van der Waals surface area contributed by atoms with Gasteiger partial charge in [0.1, 0.15) is 0 Å². The fraction of sp³-hybridized carbons (Fsp3) is 0.556. The third kappa shape index (κ3) is 15.2. The van der Waals surface area contributed by atoms with Crippen molar-refractivity contribution in [1.29, 1.82) is 0 Å². The molecule has 0 bridgehead atoms. The molecular weight excluding hydrogens is 392 g/mol. The molecule has 21 heavy (non-hydrogen) atoms. The standard InChI is InChI=1S/C9H12O8.4K/c10-5(11)1-3-9(7(14)15,8(16)17)4-2-6(12)13;;;;/h1-4H2,(H,10,11)(H,12,13)(H,14,15)(H,16,17);;;;/q;4*+1/p-4. The minimum absolute atomic E-state index is 0. The van der Waals surface area contributed by atoms with Crippen molar-refractivity contribution in [3.05, 3.63) is 0 Å². The van der Waals surface area contributed by atoms with Crippen LogP contribution in [0.3, 0.4) is 0 Å². The number of carbonyl (C=O) groups excluding carboxylic acids is 4. The molecule has 96 valence electrons. The number of hydrogen-bond donors (Lipinski definition) is 0. The van der Waals surface area contributed by atoms with Crippen LogP contribution in [0.4, 0.5) is 0 Å². The second-order valence-electron chi connectivity index (χ2n) is 3.40. The van der Waals surface area contributed by atoms with E-state index >= 15 is 0 Å². The summed E-state index contributed by atoms with van der Waals surface area (Å²) < 4.78 is 0. The Morgan fingerprint density at radius 1 is 0.619 bits per heavy atom. The topological polar surface area (TPSA) is 161 Å². The van der Waals surface area contributed by atoms with E-state index in [0.717, 1.165) is 0 Å². The molecule has 0 aliphatic rings. The largest absolute Gasteiger partial charge is 1.00 e. The van der Waals surface area contributed by atoms with Crippen molar-refractivity contribution in [3.8, 4) is 0 Å². The molecule has 0 aliphatic heterocycles. The molecule has 0 spiro atoms. The molecule has 0 heterocycles. The van der Waals surface area contributed by atoms with Gasteiger partial charge in [-0.25, -0.2) is 0 Å². The van der Waals surface area contributed by atoms with Crippen molar-refractivity contribution in [3.63, 3.8) is 0 Å². The molecule has 0 fully saturated rings. The Labute approximate surface area is 291 Å². The monoisotopic (exact) mass is 400 g/mol. The van der Waals surface area contributed by atoms with E-state index in [-0.39, 0.29) is 206 Å². The number of carbonyl (C=O) groups is 4. The molecule has 0 unspecified atom stereocenters. The second kappa shape index (κ2) is 19.2. The van der Waals surface area contributed by atoms with Crippen molar-refractivity contribution >= 4 is 23.9 Å². The summed E-state index contributed by atoms with van der Waals surface area (Å²) in [6, 6.07) is 0. The molecule has 0 aromatic carbocycles. The van der Waals surface area contributed by atoms with E-state index in [2.05, 4.69) is 0 Å². The van der Waals surface area contributed by atoms with Gasteiger partial charge >= 0.3 is 206 Å². The van der Waals surface area contributed by atoms with E-state index in [1.807, 2.05) is 0 Å². The van der Waals surface area contributed by atoms with Gasteiger partial charge in [0.05, 0.1) is 17.4 Å². The fourth-order valence-corrected chi connectivity index (χ4v) is 1.25. The van der Waals surface area contributed by atoms with Gasteiger partial charge in [-0.3, -0.25) is 0 Å². The zero-order chi connectivity index (χ0) is 13.6. The van der Waals surface area contributed by atoms with Gasteiger partial charge in [0.15, 0.2) is 0 Å². The van der Waals surface area contributed by atoms with E-state index in [0.29, 0.717) is 0 Å². The molecule has 12 heteroatoms. The van der Waals surface area contributed by atoms with Crippen LogP contribution in [-0.4, -0.2) is 23.9 Å². The van der Waals surface area contributed by atoms with Gasteiger partial charge in [-0.15, -0.1) is 0 Å². The number of hydrogen-bond acceptors (Lipinski definition) is 8. The average molecular weight is 401 g/mol. The van der Waals surface area contributed by atoms with E-state index in [1.165, 1.54) is 0 Å². The van der Waals surface area contributed by atoms with E-state index in [4.69, 9.17) is 0 Å². The molecule has 0 N–H and O–H groups in total. The Hall–Kier alpha value is 4.43. The van der Waals surface area contributed by atoms with E-state index in [1.54, 1.807) is 0 Å². The molecule has 0 rings (SSSR count). The first-order valence-electron chi connectivity index (χ1n) is 4.55. The number of carboxylic acids is 4. The summed E-state index contributed by atoms with van der Waals surface area (Å²) in [5, 5.41) is 41.8. The van der Waals surface area contributed by atoms with Gasteiger partial charge < -0.3 is 39.6 Å². The summed E-state index contributed by atoms with van der Waals surface area (Å²) in [4.78, 5) is 41.8. The molecule has 0 saturated heterocycles. The summed E-state index contributed by atoms with van der Waals surface area (Å²) in [5.41, 5.74) is -2.67. The van der Waals surface area contributed by atoms with Gasteiger partial charge in [-0.2, -0.15) is 0 Å². The van der Waals surface area contributed by atoms with Crippen LogP contribution in [0.15, 0.2) is 0 Å². The Kier molecular flexibility index (Phi) is 33.2. The average Bonchev–Trinajstić information content (AvgIpc) is 2.16. The molecule has 0 aromatic heterocycles. The summed E-state index contributed by atoms with van der Waals surface area (Å²) in [7, 11) is 0. The van der Waals surface area contributed by atoms with Crippen molar-refractivity contribution < 1.29 is 245 Å². The van der Waals surface area contributed by atoms with Gasteiger partial charge in [0.25, 0.3) is 0 Å². The van der Waals surface area contributed by atoms with Crippen LogP contribution in [0.2, 0.25) is 0 Å². The quantitative estimate of drug-likeness (QED) is 0.287. The predicted octanol–water partition coefficient (Wildman–Crippen LogP) is -17.5.